The topological polar surface area (TPSA) is 141 Å². The summed E-state index contributed by atoms with van der Waals surface area (Å²) in [5.41, 5.74) is 0.849. The maximum atomic E-state index is 12.5. The Balaban J connectivity index is 1.87. The van der Waals surface area contributed by atoms with Crippen molar-refractivity contribution in [3.05, 3.63) is 42.5 Å². The van der Waals surface area contributed by atoms with E-state index in [1.54, 1.807) is 24.3 Å². The second-order valence-corrected chi connectivity index (χ2v) is 8.31. The molecule has 0 unspecified atom stereocenters. The van der Waals surface area contributed by atoms with Gasteiger partial charge in [0.05, 0.1) is 25.7 Å². The van der Waals surface area contributed by atoms with Crippen LogP contribution in [0.1, 0.15) is 6.42 Å². The second-order valence-electron chi connectivity index (χ2n) is 6.55. The van der Waals surface area contributed by atoms with Gasteiger partial charge in [-0.3, -0.25) is 10.1 Å². The zero-order valence-electron chi connectivity index (χ0n) is 18.5. The monoisotopic (exact) mass is 481 g/mol. The Kier molecular flexibility index (Phi) is 9.91. The van der Waals surface area contributed by atoms with Crippen LogP contribution in [0, 0.1) is 0 Å². The van der Waals surface area contributed by atoms with Crippen molar-refractivity contribution in [2.75, 3.05) is 51.7 Å². The predicted molar refractivity (Wildman–Crippen MR) is 121 cm³/mol. The van der Waals surface area contributed by atoms with Crippen LogP contribution in [-0.4, -0.2) is 61.5 Å². The number of hydrogen-bond donors (Lipinski definition) is 3. The van der Waals surface area contributed by atoms with E-state index in [2.05, 4.69) is 15.4 Å². The zero-order chi connectivity index (χ0) is 24.3. The van der Waals surface area contributed by atoms with Gasteiger partial charge in [-0.2, -0.15) is 0 Å². The van der Waals surface area contributed by atoms with Crippen molar-refractivity contribution in [3.8, 4) is 11.5 Å². The third kappa shape index (κ3) is 8.25. The molecule has 0 fully saturated rings. The van der Waals surface area contributed by atoms with Crippen LogP contribution >= 0.6 is 0 Å². The minimum atomic E-state index is -3.85. The highest BCUT2D eigenvalue weighted by Gasteiger charge is 2.17. The van der Waals surface area contributed by atoms with Crippen LogP contribution in [0.2, 0.25) is 0 Å². The first-order valence-corrected chi connectivity index (χ1v) is 11.3. The molecule has 3 N–H and O–H groups in total. The molecule has 2 aromatic rings. The van der Waals surface area contributed by atoms with Gasteiger partial charge < -0.3 is 24.3 Å². The van der Waals surface area contributed by atoms with Crippen molar-refractivity contribution in [2.24, 2.45) is 0 Å². The number of rotatable bonds is 12. The third-order valence-electron chi connectivity index (χ3n) is 4.22. The summed E-state index contributed by atoms with van der Waals surface area (Å²) in [6, 6.07) is 10.6. The highest BCUT2D eigenvalue weighted by atomic mass is 32.2. The number of hydrogen-bond acceptors (Lipinski definition) is 8. The summed E-state index contributed by atoms with van der Waals surface area (Å²) >= 11 is 0. The van der Waals surface area contributed by atoms with Crippen molar-refractivity contribution in [2.45, 2.75) is 11.3 Å². The summed E-state index contributed by atoms with van der Waals surface area (Å²) in [5, 5.41) is 5.18. The van der Waals surface area contributed by atoms with Gasteiger partial charge in [0.25, 0.3) is 0 Å². The molecule has 0 aliphatic carbocycles. The smallest absolute Gasteiger partial charge is 0.411 e. The summed E-state index contributed by atoms with van der Waals surface area (Å²) in [5.74, 6) is 0.259. The van der Waals surface area contributed by atoms with Crippen molar-refractivity contribution in [1.82, 2.24) is 4.72 Å². The molecule has 0 spiro atoms. The van der Waals surface area contributed by atoms with Gasteiger partial charge in [-0.15, -0.1) is 0 Å². The molecular weight excluding hydrogens is 454 g/mol. The molecule has 11 nitrogen and oxygen atoms in total. The van der Waals surface area contributed by atoms with Gasteiger partial charge in [-0.25, -0.2) is 17.9 Å². The zero-order valence-corrected chi connectivity index (χ0v) is 19.4. The van der Waals surface area contributed by atoms with E-state index in [1.165, 1.54) is 39.5 Å². The van der Waals surface area contributed by atoms with Gasteiger partial charge in [0.1, 0.15) is 6.61 Å². The average molecular weight is 482 g/mol. The number of nitrogens with one attached hydrogen (secondary N) is 3. The van der Waals surface area contributed by atoms with E-state index in [0.717, 1.165) is 0 Å². The lowest BCUT2D eigenvalue weighted by Gasteiger charge is -2.11. The van der Waals surface area contributed by atoms with Crippen LogP contribution in [-0.2, 0) is 24.3 Å². The number of benzene rings is 2. The van der Waals surface area contributed by atoms with Crippen LogP contribution < -0.4 is 24.8 Å². The standard InChI is InChI=1S/C21H27N3O8S/c1-29-11-12-32-21(26)24-16-6-4-5-15(13-16)23-20(25)9-10-22-33(27,28)17-7-8-18(30-2)19(14-17)31-3/h4-8,13-14,22H,9-12H2,1-3H3,(H,23,25)(H,24,26). The number of methoxy groups -OCH3 is 3. The number of amides is 2. The van der Waals surface area contributed by atoms with Crippen molar-refractivity contribution in [3.63, 3.8) is 0 Å². The molecule has 0 aliphatic rings. The summed E-state index contributed by atoms with van der Waals surface area (Å²) in [6.45, 7) is 0.267. The normalized spacial score (nSPS) is 10.9. The fourth-order valence-electron chi connectivity index (χ4n) is 2.64. The van der Waals surface area contributed by atoms with Crippen LogP contribution in [0.3, 0.4) is 0 Å². The van der Waals surface area contributed by atoms with E-state index in [0.29, 0.717) is 17.1 Å². The Morgan fingerprint density at radius 3 is 2.24 bits per heavy atom. The number of carbonyl (C=O) groups is 2. The SMILES string of the molecule is COCCOC(=O)Nc1cccc(NC(=O)CCNS(=O)(=O)c2ccc(OC)c(OC)c2)c1. The predicted octanol–water partition coefficient (Wildman–Crippen LogP) is 2.21. The summed E-state index contributed by atoms with van der Waals surface area (Å²) in [4.78, 5) is 23.9. The molecule has 0 saturated heterocycles. The van der Waals surface area contributed by atoms with Gasteiger partial charge in [0, 0.05) is 37.5 Å². The molecule has 2 aromatic carbocycles. The fourth-order valence-corrected chi connectivity index (χ4v) is 3.68. The molecule has 12 heteroatoms. The molecule has 2 amide bonds. The Labute approximate surface area is 192 Å². The molecule has 180 valence electrons. The first kappa shape index (κ1) is 25.9. The molecular formula is C21H27N3O8S. The maximum absolute atomic E-state index is 12.5. The quantitative estimate of drug-likeness (QED) is 0.392. The lowest BCUT2D eigenvalue weighted by atomic mass is 10.2. The third-order valence-corrected chi connectivity index (χ3v) is 5.68. The first-order valence-electron chi connectivity index (χ1n) is 9.83. The molecule has 33 heavy (non-hydrogen) atoms. The van der Waals surface area contributed by atoms with Crippen molar-refractivity contribution >= 4 is 33.4 Å². The van der Waals surface area contributed by atoms with Gasteiger partial charge >= 0.3 is 6.09 Å². The molecule has 0 aromatic heterocycles. The molecule has 2 rings (SSSR count). The van der Waals surface area contributed by atoms with Crippen molar-refractivity contribution < 1.29 is 37.0 Å². The van der Waals surface area contributed by atoms with Gasteiger partial charge in [-0.1, -0.05) is 6.07 Å². The Hall–Kier alpha value is -3.35. The van der Waals surface area contributed by atoms with Crippen LogP contribution in [0.4, 0.5) is 16.2 Å². The Morgan fingerprint density at radius 1 is 0.879 bits per heavy atom. The summed E-state index contributed by atoms with van der Waals surface area (Å²) < 4.78 is 47.3. The molecule has 0 radical (unpaired) electrons. The number of anilines is 2. The first-order chi connectivity index (χ1) is 15.8. The molecule has 0 heterocycles. The van der Waals surface area contributed by atoms with Gasteiger partial charge in [-0.05, 0) is 30.3 Å². The number of carbonyl (C=O) groups excluding carboxylic acids is 2. The minimum absolute atomic E-state index is 0.0169. The number of sulfonamides is 1. The number of ether oxygens (including phenoxy) is 4. The van der Waals surface area contributed by atoms with E-state index in [1.807, 2.05) is 0 Å². The van der Waals surface area contributed by atoms with E-state index in [9.17, 15) is 18.0 Å². The van der Waals surface area contributed by atoms with Gasteiger partial charge in [0.15, 0.2) is 11.5 Å². The van der Waals surface area contributed by atoms with Crippen LogP contribution in [0.5, 0.6) is 11.5 Å². The highest BCUT2D eigenvalue weighted by molar-refractivity contribution is 7.89. The van der Waals surface area contributed by atoms with Gasteiger partial charge in [0.2, 0.25) is 15.9 Å². The molecule has 0 atom stereocenters. The molecule has 0 aliphatic heterocycles. The lowest BCUT2D eigenvalue weighted by molar-refractivity contribution is -0.116. The Morgan fingerprint density at radius 2 is 1.58 bits per heavy atom. The second kappa shape index (κ2) is 12.6. The summed E-state index contributed by atoms with van der Waals surface area (Å²) in [7, 11) is 0.494. The minimum Gasteiger partial charge on any atom is -0.493 e. The van der Waals surface area contributed by atoms with E-state index in [-0.39, 0.29) is 36.8 Å². The van der Waals surface area contributed by atoms with E-state index < -0.39 is 22.0 Å². The van der Waals surface area contributed by atoms with Crippen LogP contribution in [0.25, 0.3) is 0 Å². The maximum Gasteiger partial charge on any atom is 0.411 e. The molecule has 0 saturated carbocycles. The van der Waals surface area contributed by atoms with E-state index >= 15 is 0 Å². The largest absolute Gasteiger partial charge is 0.493 e. The highest BCUT2D eigenvalue weighted by Crippen LogP contribution is 2.29. The lowest BCUT2D eigenvalue weighted by Crippen LogP contribution is -2.28. The van der Waals surface area contributed by atoms with E-state index in [4.69, 9.17) is 18.9 Å². The average Bonchev–Trinajstić information content (AvgIpc) is 2.78. The fraction of sp³-hybridized carbons (Fsp3) is 0.333. The summed E-state index contributed by atoms with van der Waals surface area (Å²) in [6.07, 6.45) is -0.761. The van der Waals surface area contributed by atoms with Crippen molar-refractivity contribution in [1.29, 1.82) is 0 Å². The molecule has 0 bridgehead atoms. The Bertz CT molecular complexity index is 1060. The van der Waals surface area contributed by atoms with Crippen LogP contribution in [0.15, 0.2) is 47.4 Å².